The predicted molar refractivity (Wildman–Crippen MR) is 139 cm³/mol. The van der Waals surface area contributed by atoms with E-state index in [1.807, 2.05) is 37.3 Å². The molecular formula is C29H26N4O3. The van der Waals surface area contributed by atoms with Crippen molar-refractivity contribution >= 4 is 22.2 Å². The topological polar surface area (TPSA) is 85.9 Å². The molecule has 0 radical (unpaired) electrons. The van der Waals surface area contributed by atoms with Gasteiger partial charge in [-0.1, -0.05) is 61.5 Å². The smallest absolute Gasteiger partial charge is 0.439 e. The van der Waals surface area contributed by atoms with Gasteiger partial charge in [0.15, 0.2) is 5.82 Å². The highest BCUT2D eigenvalue weighted by Crippen LogP contribution is 2.40. The molecule has 0 unspecified atom stereocenters. The number of nitrogens with one attached hydrogen (secondary N) is 1. The van der Waals surface area contributed by atoms with Gasteiger partial charge in [-0.25, -0.2) is 9.78 Å². The summed E-state index contributed by atoms with van der Waals surface area (Å²) in [5.41, 5.74) is 8.15. The van der Waals surface area contributed by atoms with Gasteiger partial charge in [0.2, 0.25) is 0 Å². The van der Waals surface area contributed by atoms with Crippen LogP contribution in [0.15, 0.2) is 76.0 Å². The third kappa shape index (κ3) is 3.73. The Balaban J connectivity index is 1.49. The van der Waals surface area contributed by atoms with Gasteiger partial charge in [-0.05, 0) is 53.5 Å². The van der Waals surface area contributed by atoms with E-state index in [1.54, 1.807) is 0 Å². The van der Waals surface area contributed by atoms with Crippen LogP contribution in [0.4, 0.5) is 0 Å². The van der Waals surface area contributed by atoms with Crippen LogP contribution in [-0.2, 0) is 13.2 Å². The summed E-state index contributed by atoms with van der Waals surface area (Å²) in [5, 5.41) is 3.94. The van der Waals surface area contributed by atoms with Crippen LogP contribution >= 0.6 is 0 Å². The van der Waals surface area contributed by atoms with Crippen molar-refractivity contribution in [1.29, 1.82) is 0 Å². The first-order valence-corrected chi connectivity index (χ1v) is 12.1. The molecule has 0 atom stereocenters. The number of imidazole rings is 1. The molecule has 0 fully saturated rings. The zero-order valence-electron chi connectivity index (χ0n) is 20.4. The van der Waals surface area contributed by atoms with Crippen LogP contribution in [0.2, 0.25) is 0 Å². The SMILES string of the molecule is CC(=C1c2ccc(Cn3c(C(C)C)nc4ccccc43)cc2COc2ccccc21)c1noc(=O)[nH]1. The molecule has 5 aromatic rings. The number of nitrogens with zero attached hydrogens (tertiary/aromatic N) is 3. The molecule has 3 aromatic carbocycles. The van der Waals surface area contributed by atoms with Gasteiger partial charge in [-0.3, -0.25) is 9.51 Å². The lowest BCUT2D eigenvalue weighted by Crippen LogP contribution is -2.08. The number of allylic oxidation sites excluding steroid dienone is 1. The molecule has 3 heterocycles. The Morgan fingerprint density at radius 3 is 2.67 bits per heavy atom. The normalized spacial score (nSPS) is 14.3. The van der Waals surface area contributed by atoms with Crippen molar-refractivity contribution in [3.05, 3.63) is 111 Å². The van der Waals surface area contributed by atoms with Gasteiger partial charge < -0.3 is 9.30 Å². The van der Waals surface area contributed by atoms with Gasteiger partial charge in [0.1, 0.15) is 18.2 Å². The maximum absolute atomic E-state index is 11.7. The van der Waals surface area contributed by atoms with E-state index in [2.05, 4.69) is 65.0 Å². The second-order valence-electron chi connectivity index (χ2n) is 9.42. The Hall–Kier alpha value is -4.39. The average Bonchev–Trinajstić information content (AvgIpc) is 3.44. The summed E-state index contributed by atoms with van der Waals surface area (Å²) in [6, 6.07) is 22.7. The molecule has 1 N–H and O–H groups in total. The Labute approximate surface area is 208 Å². The largest absolute Gasteiger partial charge is 0.488 e. The minimum atomic E-state index is -0.577. The van der Waals surface area contributed by atoms with E-state index in [0.717, 1.165) is 50.4 Å². The van der Waals surface area contributed by atoms with Crippen molar-refractivity contribution in [2.75, 3.05) is 0 Å². The van der Waals surface area contributed by atoms with Crippen LogP contribution in [0.5, 0.6) is 5.75 Å². The molecule has 36 heavy (non-hydrogen) atoms. The third-order valence-electron chi connectivity index (χ3n) is 6.69. The van der Waals surface area contributed by atoms with E-state index in [9.17, 15) is 4.79 Å². The molecule has 1 aliphatic rings. The number of para-hydroxylation sites is 3. The molecular weight excluding hydrogens is 452 g/mol. The van der Waals surface area contributed by atoms with Crippen molar-refractivity contribution in [1.82, 2.24) is 19.7 Å². The van der Waals surface area contributed by atoms with E-state index in [-0.39, 0.29) is 0 Å². The minimum Gasteiger partial charge on any atom is -0.488 e. The molecule has 0 saturated heterocycles. The van der Waals surface area contributed by atoms with Crippen LogP contribution in [0.25, 0.3) is 22.2 Å². The Kier molecular flexibility index (Phi) is 5.33. The van der Waals surface area contributed by atoms with Gasteiger partial charge in [0.05, 0.1) is 11.0 Å². The Bertz CT molecular complexity index is 1690. The van der Waals surface area contributed by atoms with E-state index in [0.29, 0.717) is 24.9 Å². The van der Waals surface area contributed by atoms with Crippen molar-refractivity contribution in [3.8, 4) is 5.75 Å². The average molecular weight is 479 g/mol. The lowest BCUT2D eigenvalue weighted by Gasteiger charge is -2.16. The number of rotatable bonds is 4. The molecule has 2 aromatic heterocycles. The molecule has 7 nitrogen and oxygen atoms in total. The lowest BCUT2D eigenvalue weighted by atomic mass is 9.89. The number of aromatic nitrogens is 4. The summed E-state index contributed by atoms with van der Waals surface area (Å²) in [7, 11) is 0. The molecule has 1 aliphatic heterocycles. The van der Waals surface area contributed by atoms with Crippen LogP contribution in [-0.4, -0.2) is 19.7 Å². The van der Waals surface area contributed by atoms with Crippen LogP contribution in [0.1, 0.15) is 60.6 Å². The number of hydrogen-bond donors (Lipinski definition) is 1. The van der Waals surface area contributed by atoms with Gasteiger partial charge in [-0.15, -0.1) is 0 Å². The van der Waals surface area contributed by atoms with Crippen molar-refractivity contribution in [2.45, 2.75) is 39.8 Å². The second kappa shape index (κ2) is 8.68. The third-order valence-corrected chi connectivity index (χ3v) is 6.69. The fraction of sp³-hybridized carbons (Fsp3) is 0.207. The first-order chi connectivity index (χ1) is 17.5. The van der Waals surface area contributed by atoms with E-state index in [4.69, 9.17) is 14.2 Å². The fourth-order valence-corrected chi connectivity index (χ4v) is 5.01. The lowest BCUT2D eigenvalue weighted by molar-refractivity contribution is 0.307. The molecule has 0 aliphatic carbocycles. The quantitative estimate of drug-likeness (QED) is 0.355. The summed E-state index contributed by atoms with van der Waals surface area (Å²) in [5.74, 6) is 2.00. The summed E-state index contributed by atoms with van der Waals surface area (Å²) in [4.78, 5) is 19.2. The van der Waals surface area contributed by atoms with Gasteiger partial charge in [-0.2, -0.15) is 0 Å². The number of fused-ring (bicyclic) bond motifs is 3. The monoisotopic (exact) mass is 478 g/mol. The van der Waals surface area contributed by atoms with E-state index in [1.165, 1.54) is 5.56 Å². The van der Waals surface area contributed by atoms with Crippen molar-refractivity contribution < 1.29 is 9.26 Å². The van der Waals surface area contributed by atoms with Crippen LogP contribution in [0.3, 0.4) is 0 Å². The highest BCUT2D eigenvalue weighted by Gasteiger charge is 2.23. The molecule has 0 amide bonds. The van der Waals surface area contributed by atoms with Crippen molar-refractivity contribution in [3.63, 3.8) is 0 Å². The van der Waals surface area contributed by atoms with E-state index < -0.39 is 5.76 Å². The molecule has 0 bridgehead atoms. The van der Waals surface area contributed by atoms with Crippen LogP contribution in [0, 0.1) is 0 Å². The van der Waals surface area contributed by atoms with E-state index >= 15 is 0 Å². The first kappa shape index (κ1) is 22.1. The van der Waals surface area contributed by atoms with Crippen LogP contribution < -0.4 is 10.5 Å². The highest BCUT2D eigenvalue weighted by molar-refractivity contribution is 5.99. The fourth-order valence-electron chi connectivity index (χ4n) is 5.01. The summed E-state index contributed by atoms with van der Waals surface area (Å²) in [6.07, 6.45) is 0. The molecule has 7 heteroatoms. The highest BCUT2D eigenvalue weighted by atomic mass is 16.5. The molecule has 6 rings (SSSR count). The zero-order chi connectivity index (χ0) is 24.8. The van der Waals surface area contributed by atoms with Gasteiger partial charge in [0.25, 0.3) is 0 Å². The minimum absolute atomic E-state index is 0.304. The number of hydrogen-bond acceptors (Lipinski definition) is 5. The maximum atomic E-state index is 11.7. The maximum Gasteiger partial charge on any atom is 0.439 e. The van der Waals surface area contributed by atoms with Gasteiger partial charge in [0, 0.05) is 23.6 Å². The first-order valence-electron chi connectivity index (χ1n) is 12.1. The number of benzene rings is 3. The standard InChI is InChI=1S/C29H26N4O3/c1-17(2)28-30-23-9-5-6-10-24(23)33(28)15-19-12-13-21-20(14-19)16-35-25-11-7-4-8-22(25)26(21)18(3)27-31-29(34)36-32-27/h4-14,17H,15-16H2,1-3H3,(H,31,32,34). The summed E-state index contributed by atoms with van der Waals surface area (Å²) in [6.45, 7) is 7.44. The second-order valence-corrected chi connectivity index (χ2v) is 9.42. The number of ether oxygens (including phenoxy) is 1. The Morgan fingerprint density at radius 2 is 1.86 bits per heavy atom. The molecule has 180 valence electrons. The molecule has 0 saturated carbocycles. The Morgan fingerprint density at radius 1 is 1.06 bits per heavy atom. The number of aromatic amines is 1. The zero-order valence-corrected chi connectivity index (χ0v) is 20.4. The summed E-state index contributed by atoms with van der Waals surface area (Å²) < 4.78 is 13.3. The van der Waals surface area contributed by atoms with Gasteiger partial charge >= 0.3 is 5.76 Å². The summed E-state index contributed by atoms with van der Waals surface area (Å²) >= 11 is 0. The number of H-pyrrole nitrogens is 1. The molecule has 0 spiro atoms. The van der Waals surface area contributed by atoms with Crippen molar-refractivity contribution in [2.24, 2.45) is 0 Å². The predicted octanol–water partition coefficient (Wildman–Crippen LogP) is 5.76.